The van der Waals surface area contributed by atoms with Crippen molar-refractivity contribution in [3.8, 4) is 0 Å². The van der Waals surface area contributed by atoms with Crippen molar-refractivity contribution in [1.82, 2.24) is 14.8 Å². The van der Waals surface area contributed by atoms with Crippen molar-refractivity contribution in [2.45, 2.75) is 19.4 Å². The van der Waals surface area contributed by atoms with E-state index in [4.69, 9.17) is 11.6 Å². The van der Waals surface area contributed by atoms with E-state index in [0.717, 1.165) is 36.6 Å². The third-order valence-electron chi connectivity index (χ3n) is 4.85. The van der Waals surface area contributed by atoms with Crippen LogP contribution in [0.4, 0.5) is 5.82 Å². The average molecular weight is 414 g/mol. The summed E-state index contributed by atoms with van der Waals surface area (Å²) in [7, 11) is 0. The van der Waals surface area contributed by atoms with Crippen molar-refractivity contribution < 1.29 is 4.79 Å². The Bertz CT molecular complexity index is 991. The maximum atomic E-state index is 12.7. The Kier molecular flexibility index (Phi) is 5.83. The van der Waals surface area contributed by atoms with E-state index in [-0.39, 0.29) is 11.8 Å². The van der Waals surface area contributed by atoms with Crippen molar-refractivity contribution in [1.29, 1.82) is 0 Å². The molecule has 1 fully saturated rings. The van der Waals surface area contributed by atoms with Crippen molar-refractivity contribution in [3.63, 3.8) is 0 Å². The minimum absolute atomic E-state index is 0.0360. The van der Waals surface area contributed by atoms with Crippen LogP contribution in [0, 0.1) is 5.92 Å². The molecule has 3 aromatic rings. The zero-order valence-electron chi connectivity index (χ0n) is 15.2. The van der Waals surface area contributed by atoms with Crippen LogP contribution in [0.15, 0.2) is 59.0 Å². The standard InChI is InChI=1S/C20H20ClN5OS/c21-17-6-7-18(24-23-17)25-10-8-16(9-11-25)19(27)22-20-26(12-13-28-20)14-15-4-2-1-3-5-15/h1-7,12-13,16H,8-11,14H2. The first kappa shape index (κ1) is 18.8. The molecule has 8 heteroatoms. The molecule has 0 spiro atoms. The lowest BCUT2D eigenvalue weighted by Crippen LogP contribution is -2.37. The van der Waals surface area contributed by atoms with E-state index in [1.54, 1.807) is 6.07 Å². The lowest BCUT2D eigenvalue weighted by Gasteiger charge is -2.30. The van der Waals surface area contributed by atoms with Gasteiger partial charge in [-0.2, -0.15) is 4.99 Å². The summed E-state index contributed by atoms with van der Waals surface area (Å²) in [5, 5.41) is 10.4. The van der Waals surface area contributed by atoms with E-state index in [2.05, 4.69) is 32.2 Å². The van der Waals surface area contributed by atoms with Gasteiger partial charge in [0.2, 0.25) is 0 Å². The first-order valence-corrected chi connectivity index (χ1v) is 10.5. The number of amides is 1. The topological polar surface area (TPSA) is 63.4 Å². The number of aromatic nitrogens is 3. The van der Waals surface area contributed by atoms with E-state index in [1.165, 1.54) is 16.9 Å². The highest BCUT2D eigenvalue weighted by Gasteiger charge is 2.25. The van der Waals surface area contributed by atoms with Gasteiger partial charge in [-0.25, -0.2) is 0 Å². The Morgan fingerprint density at radius 2 is 1.93 bits per heavy atom. The summed E-state index contributed by atoms with van der Waals surface area (Å²) in [6.45, 7) is 2.23. The Morgan fingerprint density at radius 3 is 2.64 bits per heavy atom. The largest absolute Gasteiger partial charge is 0.355 e. The number of carbonyl (C=O) groups excluding carboxylic acids is 1. The monoisotopic (exact) mass is 413 g/mol. The van der Waals surface area contributed by atoms with E-state index >= 15 is 0 Å². The molecular weight excluding hydrogens is 394 g/mol. The zero-order valence-corrected chi connectivity index (χ0v) is 16.8. The summed E-state index contributed by atoms with van der Waals surface area (Å²) in [5.41, 5.74) is 1.19. The molecule has 28 heavy (non-hydrogen) atoms. The fourth-order valence-corrected chi connectivity index (χ4v) is 4.14. The van der Waals surface area contributed by atoms with Crippen molar-refractivity contribution in [2.24, 2.45) is 10.9 Å². The number of benzene rings is 1. The van der Waals surface area contributed by atoms with E-state index in [1.807, 2.05) is 40.4 Å². The number of anilines is 1. The summed E-state index contributed by atoms with van der Waals surface area (Å²) in [4.78, 5) is 20.0. The normalized spacial score (nSPS) is 15.8. The molecule has 0 aliphatic carbocycles. The van der Waals surface area contributed by atoms with Crippen molar-refractivity contribution in [3.05, 3.63) is 69.6 Å². The average Bonchev–Trinajstić information content (AvgIpc) is 3.16. The number of piperidine rings is 1. The number of halogens is 1. The third kappa shape index (κ3) is 4.48. The van der Waals surface area contributed by atoms with E-state index < -0.39 is 0 Å². The molecule has 144 valence electrons. The highest BCUT2D eigenvalue weighted by Crippen LogP contribution is 2.22. The SMILES string of the molecule is O=C(N=c1sccn1Cc1ccccc1)C1CCN(c2ccc(Cl)nn2)CC1. The molecule has 0 unspecified atom stereocenters. The Balaban J connectivity index is 1.41. The van der Waals surface area contributed by atoms with Gasteiger partial charge in [-0.3, -0.25) is 4.79 Å². The molecule has 1 amide bonds. The Labute approximate surface area is 172 Å². The van der Waals surface area contributed by atoms with Gasteiger partial charge in [0.15, 0.2) is 15.8 Å². The summed E-state index contributed by atoms with van der Waals surface area (Å²) in [5.74, 6) is 0.709. The van der Waals surface area contributed by atoms with Gasteiger partial charge in [0.05, 0.1) is 0 Å². The second-order valence-corrected chi connectivity index (χ2v) is 7.98. The first-order chi connectivity index (χ1) is 13.7. The number of hydrogen-bond donors (Lipinski definition) is 0. The van der Waals surface area contributed by atoms with Crippen LogP contribution >= 0.6 is 22.9 Å². The van der Waals surface area contributed by atoms with Crippen LogP contribution in [-0.4, -0.2) is 33.8 Å². The number of thiazole rings is 1. The predicted octanol–water partition coefficient (Wildman–Crippen LogP) is 3.39. The number of hydrogen-bond acceptors (Lipinski definition) is 5. The lowest BCUT2D eigenvalue weighted by molar-refractivity contribution is -0.122. The van der Waals surface area contributed by atoms with Crippen molar-refractivity contribution >= 4 is 34.7 Å². The molecule has 0 N–H and O–H groups in total. The van der Waals surface area contributed by atoms with E-state index in [9.17, 15) is 4.79 Å². The van der Waals surface area contributed by atoms with Gasteiger partial charge in [-0.1, -0.05) is 41.9 Å². The molecule has 2 aromatic heterocycles. The summed E-state index contributed by atoms with van der Waals surface area (Å²) >= 11 is 7.29. The van der Waals surface area contributed by atoms with Crippen molar-refractivity contribution in [2.75, 3.05) is 18.0 Å². The van der Waals surface area contributed by atoms with Crippen LogP contribution in [-0.2, 0) is 11.3 Å². The maximum absolute atomic E-state index is 12.7. The van der Waals surface area contributed by atoms with E-state index in [0.29, 0.717) is 11.7 Å². The van der Waals surface area contributed by atoms with Crippen LogP contribution in [0.5, 0.6) is 0 Å². The summed E-state index contributed by atoms with van der Waals surface area (Å²) in [6, 6.07) is 13.8. The minimum Gasteiger partial charge on any atom is -0.355 e. The Morgan fingerprint density at radius 1 is 1.14 bits per heavy atom. The Hall–Kier alpha value is -2.51. The smallest absolute Gasteiger partial charge is 0.251 e. The first-order valence-electron chi connectivity index (χ1n) is 9.19. The summed E-state index contributed by atoms with van der Waals surface area (Å²) in [6.07, 6.45) is 3.50. The molecule has 4 rings (SSSR count). The molecule has 3 heterocycles. The fraction of sp³-hybridized carbons (Fsp3) is 0.300. The highest BCUT2D eigenvalue weighted by molar-refractivity contribution is 7.07. The molecule has 0 saturated carbocycles. The van der Waals surface area contributed by atoms with Crippen LogP contribution in [0.2, 0.25) is 5.15 Å². The van der Waals surface area contributed by atoms with Crippen LogP contribution < -0.4 is 9.70 Å². The minimum atomic E-state index is -0.0521. The zero-order chi connectivity index (χ0) is 19.3. The second kappa shape index (κ2) is 8.67. The molecule has 1 aliphatic heterocycles. The van der Waals surface area contributed by atoms with Gasteiger partial charge in [0, 0.05) is 37.1 Å². The van der Waals surface area contributed by atoms with Crippen LogP contribution in [0.3, 0.4) is 0 Å². The van der Waals surface area contributed by atoms with Gasteiger partial charge in [0.1, 0.15) is 0 Å². The summed E-state index contributed by atoms with van der Waals surface area (Å²) < 4.78 is 2.02. The lowest BCUT2D eigenvalue weighted by atomic mass is 9.96. The fourth-order valence-electron chi connectivity index (χ4n) is 3.31. The third-order valence-corrected chi connectivity index (χ3v) is 5.84. The predicted molar refractivity (Wildman–Crippen MR) is 110 cm³/mol. The number of carbonyl (C=O) groups is 1. The molecule has 1 aromatic carbocycles. The van der Waals surface area contributed by atoms with Gasteiger partial charge in [-0.15, -0.1) is 21.5 Å². The van der Waals surface area contributed by atoms with Crippen LogP contribution in [0.1, 0.15) is 18.4 Å². The quantitative estimate of drug-likeness (QED) is 0.657. The molecule has 0 radical (unpaired) electrons. The van der Waals surface area contributed by atoms with Gasteiger partial charge >= 0.3 is 0 Å². The molecule has 6 nitrogen and oxygen atoms in total. The van der Waals surface area contributed by atoms with Gasteiger partial charge in [-0.05, 0) is 30.5 Å². The molecule has 1 aliphatic rings. The van der Waals surface area contributed by atoms with Gasteiger partial charge in [0.25, 0.3) is 5.91 Å². The molecule has 1 saturated heterocycles. The molecular formula is C20H20ClN5OS. The maximum Gasteiger partial charge on any atom is 0.251 e. The number of nitrogens with zero attached hydrogens (tertiary/aromatic N) is 5. The highest BCUT2D eigenvalue weighted by atomic mass is 35.5. The van der Waals surface area contributed by atoms with Gasteiger partial charge < -0.3 is 9.47 Å². The van der Waals surface area contributed by atoms with Crippen LogP contribution in [0.25, 0.3) is 0 Å². The number of rotatable bonds is 4. The molecule has 0 bridgehead atoms. The molecule has 0 atom stereocenters. The second-order valence-electron chi connectivity index (χ2n) is 6.72.